The summed E-state index contributed by atoms with van der Waals surface area (Å²) in [7, 11) is 0. The highest BCUT2D eigenvalue weighted by Crippen LogP contribution is 2.47. The van der Waals surface area contributed by atoms with Crippen molar-refractivity contribution in [2.75, 3.05) is 13.1 Å². The highest BCUT2D eigenvalue weighted by atomic mass is 32.2. The SMILES string of the molecule is C=CC12CC(=CN)C(=Nc3ccc(F)cc3)C=C1CCN(Sc1cc(C)c(F)c(F)c1)C2. The molecule has 166 valence electrons. The lowest BCUT2D eigenvalue weighted by molar-refractivity contribution is 0.278. The maximum Gasteiger partial charge on any atom is 0.161 e. The van der Waals surface area contributed by atoms with E-state index in [1.54, 1.807) is 31.3 Å². The fraction of sp³-hybridized carbons (Fsp3) is 0.240. The van der Waals surface area contributed by atoms with Gasteiger partial charge in [-0.1, -0.05) is 11.6 Å². The summed E-state index contributed by atoms with van der Waals surface area (Å²) in [4.78, 5) is 5.34. The minimum Gasteiger partial charge on any atom is -0.404 e. The predicted octanol–water partition coefficient (Wildman–Crippen LogP) is 6.24. The Morgan fingerprint density at radius 2 is 1.94 bits per heavy atom. The molecule has 3 nitrogen and oxygen atoms in total. The molecule has 2 aromatic rings. The Labute approximate surface area is 190 Å². The fourth-order valence-electron chi connectivity index (χ4n) is 4.21. The van der Waals surface area contributed by atoms with Crippen molar-refractivity contribution in [2.45, 2.75) is 24.7 Å². The molecule has 0 saturated carbocycles. The molecular formula is C25H24F3N3S. The van der Waals surface area contributed by atoms with Gasteiger partial charge in [0.2, 0.25) is 0 Å². The first-order chi connectivity index (χ1) is 15.3. The molecule has 2 aromatic carbocycles. The Morgan fingerprint density at radius 1 is 1.19 bits per heavy atom. The van der Waals surface area contributed by atoms with Crippen molar-refractivity contribution in [1.29, 1.82) is 0 Å². The maximum atomic E-state index is 13.9. The Bertz CT molecular complexity index is 1110. The number of fused-ring (bicyclic) bond motifs is 1. The summed E-state index contributed by atoms with van der Waals surface area (Å²) in [6, 6.07) is 8.92. The van der Waals surface area contributed by atoms with E-state index in [2.05, 4.69) is 22.0 Å². The van der Waals surface area contributed by atoms with Gasteiger partial charge in [-0.15, -0.1) is 6.58 Å². The molecule has 2 N–H and O–H groups in total. The molecule has 0 radical (unpaired) electrons. The average Bonchev–Trinajstić information content (AvgIpc) is 2.78. The van der Waals surface area contributed by atoms with Gasteiger partial charge in [0.05, 0.1) is 11.4 Å². The second-order valence-electron chi connectivity index (χ2n) is 8.11. The molecule has 1 aliphatic carbocycles. The molecule has 0 aromatic heterocycles. The molecule has 1 atom stereocenters. The molecule has 0 spiro atoms. The van der Waals surface area contributed by atoms with Gasteiger partial charge in [0.15, 0.2) is 11.6 Å². The van der Waals surface area contributed by atoms with Gasteiger partial charge in [-0.25, -0.2) is 22.5 Å². The summed E-state index contributed by atoms with van der Waals surface area (Å²) in [5.74, 6) is -1.95. The van der Waals surface area contributed by atoms with Crippen molar-refractivity contribution in [2.24, 2.45) is 16.1 Å². The Morgan fingerprint density at radius 3 is 2.59 bits per heavy atom. The number of aryl methyl sites for hydroxylation is 1. The minimum absolute atomic E-state index is 0.288. The van der Waals surface area contributed by atoms with Crippen molar-refractivity contribution in [1.82, 2.24) is 4.31 Å². The Balaban J connectivity index is 1.61. The van der Waals surface area contributed by atoms with Crippen molar-refractivity contribution in [3.8, 4) is 0 Å². The van der Waals surface area contributed by atoms with Crippen LogP contribution in [0.4, 0.5) is 18.9 Å². The fourth-order valence-corrected chi connectivity index (χ4v) is 5.37. The van der Waals surface area contributed by atoms with Crippen LogP contribution in [-0.4, -0.2) is 23.1 Å². The van der Waals surface area contributed by atoms with E-state index in [4.69, 9.17) is 5.73 Å². The average molecular weight is 456 g/mol. The van der Waals surface area contributed by atoms with Gasteiger partial charge < -0.3 is 5.73 Å². The number of aliphatic imine (C=N–C) groups is 1. The lowest BCUT2D eigenvalue weighted by Crippen LogP contribution is -2.43. The zero-order valence-electron chi connectivity index (χ0n) is 17.7. The standard InChI is InChI=1S/C25H24F3N3S/c1-3-25-13-17(14-29)23(30-20-6-4-19(26)5-7-20)11-18(25)8-9-31(15-25)32-21-10-16(2)24(28)22(27)12-21/h3-7,10-12,14H,1,8-9,13,15,29H2,2H3. The van der Waals surface area contributed by atoms with Crippen molar-refractivity contribution in [3.05, 3.63) is 95.5 Å². The van der Waals surface area contributed by atoms with Gasteiger partial charge in [0.1, 0.15) is 5.82 Å². The molecule has 32 heavy (non-hydrogen) atoms. The number of halogens is 3. The number of nitrogens with zero attached hydrogens (tertiary/aromatic N) is 2. The minimum atomic E-state index is -0.837. The Kier molecular flexibility index (Phi) is 6.31. The third-order valence-electron chi connectivity index (χ3n) is 5.96. The van der Waals surface area contributed by atoms with E-state index in [1.807, 2.05) is 6.08 Å². The van der Waals surface area contributed by atoms with Crippen LogP contribution in [0.15, 0.2) is 82.4 Å². The largest absolute Gasteiger partial charge is 0.404 e. The molecule has 1 unspecified atom stereocenters. The predicted molar refractivity (Wildman–Crippen MR) is 124 cm³/mol. The van der Waals surface area contributed by atoms with E-state index in [0.29, 0.717) is 23.5 Å². The maximum absolute atomic E-state index is 13.9. The van der Waals surface area contributed by atoms with Gasteiger partial charge in [-0.2, -0.15) is 0 Å². The third kappa shape index (κ3) is 4.40. The quantitative estimate of drug-likeness (QED) is 0.438. The Hall–Kier alpha value is -2.77. The first kappa shape index (κ1) is 22.4. The molecule has 2 aliphatic rings. The molecule has 1 saturated heterocycles. The van der Waals surface area contributed by atoms with E-state index in [0.717, 1.165) is 24.3 Å². The summed E-state index contributed by atoms with van der Waals surface area (Å²) in [5, 5.41) is 0. The summed E-state index contributed by atoms with van der Waals surface area (Å²) >= 11 is 1.42. The van der Waals surface area contributed by atoms with E-state index in [9.17, 15) is 13.2 Å². The molecule has 1 heterocycles. The third-order valence-corrected chi connectivity index (χ3v) is 6.98. The highest BCUT2D eigenvalue weighted by molar-refractivity contribution is 7.97. The number of nitrogens with two attached hydrogens (primary N) is 1. The van der Waals surface area contributed by atoms with Crippen molar-refractivity contribution in [3.63, 3.8) is 0 Å². The first-order valence-electron chi connectivity index (χ1n) is 10.3. The van der Waals surface area contributed by atoms with Crippen molar-refractivity contribution < 1.29 is 13.2 Å². The first-order valence-corrected chi connectivity index (χ1v) is 11.1. The lowest BCUT2D eigenvalue weighted by atomic mass is 9.67. The van der Waals surface area contributed by atoms with Crippen LogP contribution in [0, 0.1) is 29.8 Å². The second-order valence-corrected chi connectivity index (χ2v) is 9.28. The number of rotatable bonds is 4. The zero-order valence-corrected chi connectivity index (χ0v) is 18.6. The van der Waals surface area contributed by atoms with Gasteiger partial charge >= 0.3 is 0 Å². The molecule has 0 bridgehead atoms. The van der Waals surface area contributed by atoms with E-state index in [-0.39, 0.29) is 16.8 Å². The van der Waals surface area contributed by atoms with Crippen molar-refractivity contribution >= 4 is 23.3 Å². The van der Waals surface area contributed by atoms with Gasteiger partial charge in [0.25, 0.3) is 0 Å². The van der Waals surface area contributed by atoms with E-state index < -0.39 is 11.6 Å². The summed E-state index contributed by atoms with van der Waals surface area (Å²) in [6.45, 7) is 7.06. The lowest BCUT2D eigenvalue weighted by Gasteiger charge is -2.45. The molecule has 4 rings (SSSR count). The summed E-state index contributed by atoms with van der Waals surface area (Å²) < 4.78 is 42.9. The summed E-state index contributed by atoms with van der Waals surface area (Å²) in [6.07, 6.45) is 6.97. The topological polar surface area (TPSA) is 41.6 Å². The van der Waals surface area contributed by atoms with Gasteiger partial charge in [-0.05, 0) is 91.5 Å². The molecule has 1 aliphatic heterocycles. The van der Waals surface area contributed by atoms with Gasteiger partial charge in [-0.3, -0.25) is 0 Å². The number of hydrogen-bond donors (Lipinski definition) is 1. The van der Waals surface area contributed by atoms with Crippen LogP contribution in [0.3, 0.4) is 0 Å². The van der Waals surface area contributed by atoms with E-state index >= 15 is 0 Å². The monoisotopic (exact) mass is 455 g/mol. The van der Waals surface area contributed by atoms with Crippen LogP contribution in [0.25, 0.3) is 0 Å². The van der Waals surface area contributed by atoms with Crippen LogP contribution in [-0.2, 0) is 0 Å². The van der Waals surface area contributed by atoms with Crippen LogP contribution in [0.1, 0.15) is 18.4 Å². The van der Waals surface area contributed by atoms with Crippen LogP contribution >= 0.6 is 11.9 Å². The number of benzene rings is 2. The van der Waals surface area contributed by atoms with E-state index in [1.165, 1.54) is 35.7 Å². The molecule has 7 heteroatoms. The molecular weight excluding hydrogens is 431 g/mol. The number of hydrogen-bond acceptors (Lipinski definition) is 4. The van der Waals surface area contributed by atoms with Crippen LogP contribution in [0.2, 0.25) is 0 Å². The van der Waals surface area contributed by atoms with Gasteiger partial charge in [0, 0.05) is 23.4 Å². The zero-order chi connectivity index (χ0) is 22.9. The number of piperidine rings is 1. The molecule has 1 fully saturated rings. The normalized spacial score (nSPS) is 23.8. The highest BCUT2D eigenvalue weighted by Gasteiger charge is 2.41. The smallest absolute Gasteiger partial charge is 0.161 e. The second kappa shape index (κ2) is 9.00. The number of allylic oxidation sites excluding steroid dienone is 2. The van der Waals surface area contributed by atoms with Crippen LogP contribution in [0.5, 0.6) is 0 Å². The van der Waals surface area contributed by atoms with Crippen LogP contribution < -0.4 is 5.73 Å². The molecule has 0 amide bonds. The summed E-state index contributed by atoms with van der Waals surface area (Å²) in [5.41, 5.74) is 9.42.